The number of hydrogen-bond acceptors (Lipinski definition) is 2. The summed E-state index contributed by atoms with van der Waals surface area (Å²) in [5, 5.41) is 1.10. The van der Waals surface area contributed by atoms with Crippen LogP contribution in [0.1, 0.15) is 0 Å². The Morgan fingerprint density at radius 3 is 2.85 bits per heavy atom. The largest absolute Gasteiger partial charge is 0.494 e. The van der Waals surface area contributed by atoms with E-state index < -0.39 is 0 Å². The van der Waals surface area contributed by atoms with Crippen LogP contribution in [0.5, 0.6) is 5.75 Å². The molecule has 0 fully saturated rings. The van der Waals surface area contributed by atoms with Gasteiger partial charge in [-0.3, -0.25) is 0 Å². The number of hydrogen-bond donors (Lipinski definition) is 1. The third-order valence-electron chi connectivity index (χ3n) is 1.94. The van der Waals surface area contributed by atoms with Crippen LogP contribution in [0.4, 0.5) is 0 Å². The summed E-state index contributed by atoms with van der Waals surface area (Å²) in [6.07, 6.45) is 0. The van der Waals surface area contributed by atoms with E-state index in [1.54, 1.807) is 7.11 Å². The highest BCUT2D eigenvalue weighted by atomic mass is 32.1. The standard InChI is InChI=1S/C10H9NOS/c1-12-9-6-7-4-2-3-5-8(7)11-10(9)13/h2-6H,1H3,(H,11,13). The van der Waals surface area contributed by atoms with Gasteiger partial charge in [-0.15, -0.1) is 0 Å². The SMILES string of the molecule is COc1cc2ccccc2[nH]c1=S. The summed E-state index contributed by atoms with van der Waals surface area (Å²) in [7, 11) is 1.62. The van der Waals surface area contributed by atoms with E-state index in [0.717, 1.165) is 10.9 Å². The first kappa shape index (κ1) is 8.26. The minimum absolute atomic E-state index is 0.640. The van der Waals surface area contributed by atoms with Gasteiger partial charge in [-0.2, -0.15) is 0 Å². The number of benzene rings is 1. The van der Waals surface area contributed by atoms with Crippen molar-refractivity contribution in [3.63, 3.8) is 0 Å². The Morgan fingerprint density at radius 2 is 2.08 bits per heavy atom. The van der Waals surface area contributed by atoms with E-state index in [1.165, 1.54) is 0 Å². The first-order chi connectivity index (χ1) is 6.31. The number of fused-ring (bicyclic) bond motifs is 1. The molecule has 1 N–H and O–H groups in total. The molecule has 0 aliphatic rings. The van der Waals surface area contributed by atoms with E-state index in [-0.39, 0.29) is 0 Å². The molecule has 0 bridgehead atoms. The summed E-state index contributed by atoms with van der Waals surface area (Å²) in [6, 6.07) is 9.90. The molecular weight excluding hydrogens is 182 g/mol. The molecule has 0 saturated carbocycles. The van der Waals surface area contributed by atoms with Crippen LogP contribution in [-0.4, -0.2) is 12.1 Å². The van der Waals surface area contributed by atoms with Crippen LogP contribution >= 0.6 is 12.2 Å². The van der Waals surface area contributed by atoms with Gasteiger partial charge in [-0.1, -0.05) is 30.4 Å². The van der Waals surface area contributed by atoms with Gasteiger partial charge in [0.1, 0.15) is 4.64 Å². The maximum Gasteiger partial charge on any atom is 0.154 e. The molecule has 1 heterocycles. The van der Waals surface area contributed by atoms with E-state index in [9.17, 15) is 0 Å². The number of aromatic nitrogens is 1. The van der Waals surface area contributed by atoms with Crippen molar-refractivity contribution in [1.82, 2.24) is 4.98 Å². The number of nitrogens with one attached hydrogen (secondary N) is 1. The van der Waals surface area contributed by atoms with Crippen LogP contribution < -0.4 is 4.74 Å². The number of aromatic amines is 1. The number of H-pyrrole nitrogens is 1. The van der Waals surface area contributed by atoms with E-state index in [2.05, 4.69) is 4.98 Å². The quantitative estimate of drug-likeness (QED) is 0.701. The van der Waals surface area contributed by atoms with Crippen LogP contribution in [0.15, 0.2) is 30.3 Å². The maximum atomic E-state index is 5.12. The zero-order valence-electron chi connectivity index (χ0n) is 7.20. The Balaban J connectivity index is 2.81. The zero-order valence-corrected chi connectivity index (χ0v) is 8.02. The van der Waals surface area contributed by atoms with E-state index in [1.807, 2.05) is 30.3 Å². The first-order valence-corrected chi connectivity index (χ1v) is 4.38. The van der Waals surface area contributed by atoms with Crippen molar-refractivity contribution in [2.75, 3.05) is 7.11 Å². The fourth-order valence-corrected chi connectivity index (χ4v) is 1.53. The van der Waals surface area contributed by atoms with Crippen molar-refractivity contribution >= 4 is 23.1 Å². The van der Waals surface area contributed by atoms with Crippen molar-refractivity contribution < 1.29 is 4.74 Å². The highest BCUT2D eigenvalue weighted by Gasteiger charge is 1.97. The van der Waals surface area contributed by atoms with E-state index in [4.69, 9.17) is 17.0 Å². The predicted molar refractivity (Wildman–Crippen MR) is 55.7 cm³/mol. The highest BCUT2D eigenvalue weighted by Crippen LogP contribution is 2.19. The van der Waals surface area contributed by atoms with Crippen LogP contribution in [-0.2, 0) is 0 Å². The van der Waals surface area contributed by atoms with Crippen LogP contribution in [0.25, 0.3) is 10.9 Å². The summed E-state index contributed by atoms with van der Waals surface area (Å²) < 4.78 is 5.76. The normalized spacial score (nSPS) is 10.2. The Kier molecular flexibility index (Phi) is 2.02. The smallest absolute Gasteiger partial charge is 0.154 e. The molecule has 0 spiro atoms. The molecule has 2 nitrogen and oxygen atoms in total. The van der Waals surface area contributed by atoms with E-state index in [0.29, 0.717) is 10.4 Å². The van der Waals surface area contributed by atoms with Crippen molar-refractivity contribution in [1.29, 1.82) is 0 Å². The summed E-state index contributed by atoms with van der Waals surface area (Å²) in [5.74, 6) is 0.716. The average molecular weight is 191 g/mol. The molecule has 2 rings (SSSR count). The van der Waals surface area contributed by atoms with Crippen molar-refractivity contribution in [3.05, 3.63) is 35.0 Å². The lowest BCUT2D eigenvalue weighted by molar-refractivity contribution is 0.412. The van der Waals surface area contributed by atoms with Gasteiger partial charge in [0, 0.05) is 10.9 Å². The lowest BCUT2D eigenvalue weighted by Crippen LogP contribution is -1.87. The van der Waals surface area contributed by atoms with Crippen LogP contribution in [0.2, 0.25) is 0 Å². The first-order valence-electron chi connectivity index (χ1n) is 3.97. The Labute approximate surface area is 81.2 Å². The molecule has 3 heteroatoms. The molecule has 0 aliphatic heterocycles. The second kappa shape index (κ2) is 3.18. The molecule has 13 heavy (non-hydrogen) atoms. The summed E-state index contributed by atoms with van der Waals surface area (Å²) in [6.45, 7) is 0. The molecule has 1 aromatic carbocycles. The molecule has 2 aromatic rings. The molecular formula is C10H9NOS. The molecule has 0 radical (unpaired) electrons. The summed E-state index contributed by atoms with van der Waals surface area (Å²) >= 11 is 5.10. The molecule has 0 atom stereocenters. The van der Waals surface area contributed by atoms with Crippen LogP contribution in [0.3, 0.4) is 0 Å². The van der Waals surface area contributed by atoms with Gasteiger partial charge in [0.2, 0.25) is 0 Å². The van der Waals surface area contributed by atoms with Gasteiger partial charge in [-0.05, 0) is 12.1 Å². The zero-order chi connectivity index (χ0) is 9.26. The number of para-hydroxylation sites is 1. The second-order valence-corrected chi connectivity index (χ2v) is 3.16. The average Bonchev–Trinajstić information content (AvgIpc) is 2.17. The molecule has 0 aliphatic carbocycles. The third-order valence-corrected chi connectivity index (χ3v) is 2.24. The molecule has 0 amide bonds. The molecule has 0 saturated heterocycles. The molecule has 66 valence electrons. The van der Waals surface area contributed by atoms with Gasteiger partial charge in [0.05, 0.1) is 7.11 Å². The van der Waals surface area contributed by atoms with Gasteiger partial charge >= 0.3 is 0 Å². The van der Waals surface area contributed by atoms with Gasteiger partial charge in [0.15, 0.2) is 5.75 Å². The molecule has 1 aromatic heterocycles. The van der Waals surface area contributed by atoms with E-state index >= 15 is 0 Å². The predicted octanol–water partition coefficient (Wildman–Crippen LogP) is 2.91. The minimum atomic E-state index is 0.640. The van der Waals surface area contributed by atoms with Crippen LogP contribution in [0, 0.1) is 4.64 Å². The Hall–Kier alpha value is -1.35. The topological polar surface area (TPSA) is 25.0 Å². The second-order valence-electron chi connectivity index (χ2n) is 2.75. The fourth-order valence-electron chi connectivity index (χ4n) is 1.28. The molecule has 0 unspecified atom stereocenters. The monoisotopic (exact) mass is 191 g/mol. The lowest BCUT2D eigenvalue weighted by atomic mass is 10.2. The highest BCUT2D eigenvalue weighted by molar-refractivity contribution is 7.71. The number of ether oxygens (including phenoxy) is 1. The number of pyridine rings is 1. The van der Waals surface area contributed by atoms with Gasteiger partial charge in [-0.25, -0.2) is 0 Å². The van der Waals surface area contributed by atoms with Gasteiger partial charge in [0.25, 0.3) is 0 Å². The maximum absolute atomic E-state index is 5.12. The van der Waals surface area contributed by atoms with Crippen molar-refractivity contribution in [2.45, 2.75) is 0 Å². The minimum Gasteiger partial charge on any atom is -0.494 e. The number of methoxy groups -OCH3 is 1. The summed E-state index contributed by atoms with van der Waals surface area (Å²) in [4.78, 5) is 3.10. The Bertz CT molecular complexity index is 489. The van der Waals surface area contributed by atoms with Gasteiger partial charge < -0.3 is 9.72 Å². The number of rotatable bonds is 1. The lowest BCUT2D eigenvalue weighted by Gasteiger charge is -2.02. The van der Waals surface area contributed by atoms with Crippen molar-refractivity contribution in [3.8, 4) is 5.75 Å². The van der Waals surface area contributed by atoms with Crippen molar-refractivity contribution in [2.24, 2.45) is 0 Å². The third kappa shape index (κ3) is 1.42. The Morgan fingerprint density at radius 1 is 1.31 bits per heavy atom. The summed E-state index contributed by atoms with van der Waals surface area (Å²) in [5.41, 5.74) is 1.04. The fraction of sp³-hybridized carbons (Fsp3) is 0.100.